The van der Waals surface area contributed by atoms with Crippen molar-refractivity contribution in [2.45, 2.75) is 45.6 Å². The van der Waals surface area contributed by atoms with Gasteiger partial charge < -0.3 is 19.7 Å². The summed E-state index contributed by atoms with van der Waals surface area (Å²) in [4.78, 5) is 26.9. The molecule has 0 radical (unpaired) electrons. The van der Waals surface area contributed by atoms with Crippen molar-refractivity contribution in [2.24, 2.45) is 0 Å². The Bertz CT molecular complexity index is 875. The van der Waals surface area contributed by atoms with Gasteiger partial charge in [0.05, 0.1) is 13.2 Å². The van der Waals surface area contributed by atoms with Gasteiger partial charge in [0, 0.05) is 31.1 Å². The quantitative estimate of drug-likeness (QED) is 0.619. The zero-order chi connectivity index (χ0) is 22.1. The third kappa shape index (κ3) is 6.48. The molecule has 0 unspecified atom stereocenters. The lowest BCUT2D eigenvalue weighted by Crippen LogP contribution is -2.46. The van der Waals surface area contributed by atoms with Crippen LogP contribution in [0.3, 0.4) is 0 Å². The number of ether oxygens (including phenoxy) is 2. The van der Waals surface area contributed by atoms with Crippen molar-refractivity contribution in [3.8, 4) is 11.5 Å². The summed E-state index contributed by atoms with van der Waals surface area (Å²) in [7, 11) is 0. The maximum Gasteiger partial charge on any atom is 0.251 e. The Kier molecular flexibility index (Phi) is 8.33. The van der Waals surface area contributed by atoms with E-state index in [4.69, 9.17) is 9.47 Å². The van der Waals surface area contributed by atoms with Gasteiger partial charge in [-0.15, -0.1) is 0 Å². The van der Waals surface area contributed by atoms with Crippen molar-refractivity contribution in [3.63, 3.8) is 0 Å². The van der Waals surface area contributed by atoms with Gasteiger partial charge in [0.15, 0.2) is 11.5 Å². The number of amides is 2. The minimum atomic E-state index is -0.0349. The van der Waals surface area contributed by atoms with Gasteiger partial charge in [0.1, 0.15) is 0 Å². The van der Waals surface area contributed by atoms with Crippen molar-refractivity contribution in [1.82, 2.24) is 10.2 Å². The molecule has 0 aliphatic carbocycles. The van der Waals surface area contributed by atoms with Crippen LogP contribution in [0.5, 0.6) is 11.5 Å². The van der Waals surface area contributed by atoms with Gasteiger partial charge in [0.25, 0.3) is 5.91 Å². The van der Waals surface area contributed by atoms with Gasteiger partial charge >= 0.3 is 0 Å². The van der Waals surface area contributed by atoms with E-state index in [9.17, 15) is 9.59 Å². The second kappa shape index (κ2) is 11.4. The molecule has 0 aromatic heterocycles. The van der Waals surface area contributed by atoms with Crippen LogP contribution < -0.4 is 14.8 Å². The average molecular weight is 425 g/mol. The lowest BCUT2D eigenvalue weighted by Gasteiger charge is -2.32. The molecule has 6 heteroatoms. The average Bonchev–Trinajstić information content (AvgIpc) is 2.78. The monoisotopic (exact) mass is 424 g/mol. The summed E-state index contributed by atoms with van der Waals surface area (Å²) in [5, 5.41) is 3.11. The zero-order valence-corrected chi connectivity index (χ0v) is 18.4. The summed E-state index contributed by atoms with van der Waals surface area (Å²) in [5.41, 5.74) is 1.69. The van der Waals surface area contributed by atoms with Gasteiger partial charge in [-0.2, -0.15) is 0 Å². The van der Waals surface area contributed by atoms with Crippen LogP contribution in [0.15, 0.2) is 48.5 Å². The van der Waals surface area contributed by atoms with Gasteiger partial charge in [-0.05, 0) is 56.9 Å². The van der Waals surface area contributed by atoms with Crippen molar-refractivity contribution < 1.29 is 19.1 Å². The maximum atomic E-state index is 12.5. The molecule has 2 amide bonds. The first kappa shape index (κ1) is 22.7. The molecule has 0 atom stereocenters. The summed E-state index contributed by atoms with van der Waals surface area (Å²) in [6, 6.07) is 15.3. The molecule has 1 saturated heterocycles. The van der Waals surface area contributed by atoms with E-state index in [0.29, 0.717) is 50.5 Å². The number of piperidine rings is 1. The fourth-order valence-electron chi connectivity index (χ4n) is 3.77. The van der Waals surface area contributed by atoms with Crippen LogP contribution in [0.1, 0.15) is 48.5 Å². The first-order chi connectivity index (χ1) is 15.1. The molecule has 2 aromatic rings. The van der Waals surface area contributed by atoms with E-state index in [-0.39, 0.29) is 17.9 Å². The number of aryl methyl sites for hydroxylation is 1. The van der Waals surface area contributed by atoms with E-state index in [1.54, 1.807) is 0 Å². The van der Waals surface area contributed by atoms with Crippen LogP contribution in [-0.4, -0.2) is 49.1 Å². The predicted molar refractivity (Wildman–Crippen MR) is 121 cm³/mol. The fraction of sp³-hybridized carbons (Fsp3) is 0.440. The molecule has 166 valence electrons. The Hall–Kier alpha value is -3.02. The number of carbonyl (C=O) groups excluding carboxylic acids is 2. The minimum Gasteiger partial charge on any atom is -0.490 e. The number of benzene rings is 2. The van der Waals surface area contributed by atoms with E-state index in [1.165, 1.54) is 0 Å². The molecular weight excluding hydrogens is 392 g/mol. The molecule has 1 fully saturated rings. The first-order valence-corrected chi connectivity index (χ1v) is 11.1. The van der Waals surface area contributed by atoms with Gasteiger partial charge in [-0.25, -0.2) is 0 Å². The molecule has 6 nitrogen and oxygen atoms in total. The Balaban J connectivity index is 1.37. The molecule has 1 N–H and O–H groups in total. The molecule has 0 bridgehead atoms. The smallest absolute Gasteiger partial charge is 0.251 e. The standard InChI is InChI=1S/C25H32N2O4/c1-3-30-22-11-6-7-12-23(22)31-18-8-13-24(28)27-16-14-20(15-17-27)26-25(29)21-10-5-4-9-19(21)2/h4-7,9-12,20H,3,8,13-18H2,1-2H3,(H,26,29). The van der Waals surface area contributed by atoms with Crippen molar-refractivity contribution in [3.05, 3.63) is 59.7 Å². The van der Waals surface area contributed by atoms with Gasteiger partial charge in [0.2, 0.25) is 5.91 Å². The second-order valence-electron chi connectivity index (χ2n) is 7.78. The van der Waals surface area contributed by atoms with Crippen molar-refractivity contribution in [1.29, 1.82) is 0 Å². The number of carbonyl (C=O) groups is 2. The Labute approximate surface area is 184 Å². The highest BCUT2D eigenvalue weighted by Gasteiger charge is 2.24. The minimum absolute atomic E-state index is 0.0349. The molecular formula is C25H32N2O4. The highest BCUT2D eigenvalue weighted by Crippen LogP contribution is 2.26. The second-order valence-corrected chi connectivity index (χ2v) is 7.78. The summed E-state index contributed by atoms with van der Waals surface area (Å²) in [5.74, 6) is 1.55. The molecule has 1 aliphatic heterocycles. The zero-order valence-electron chi connectivity index (χ0n) is 18.4. The van der Waals surface area contributed by atoms with Crippen LogP contribution in [0.25, 0.3) is 0 Å². The molecule has 3 rings (SSSR count). The number of hydrogen-bond donors (Lipinski definition) is 1. The largest absolute Gasteiger partial charge is 0.490 e. The number of hydrogen-bond acceptors (Lipinski definition) is 4. The maximum absolute atomic E-state index is 12.5. The van der Waals surface area contributed by atoms with Crippen LogP contribution in [-0.2, 0) is 4.79 Å². The summed E-state index contributed by atoms with van der Waals surface area (Å²) >= 11 is 0. The SMILES string of the molecule is CCOc1ccccc1OCCCC(=O)N1CCC(NC(=O)c2ccccc2C)CC1. The van der Waals surface area contributed by atoms with E-state index in [0.717, 1.165) is 24.2 Å². The van der Waals surface area contributed by atoms with Crippen LogP contribution in [0.2, 0.25) is 0 Å². The predicted octanol–water partition coefficient (Wildman–Crippen LogP) is 3.97. The number of likely N-dealkylation sites (tertiary alicyclic amines) is 1. The van der Waals surface area contributed by atoms with Crippen molar-refractivity contribution in [2.75, 3.05) is 26.3 Å². The summed E-state index contributed by atoms with van der Waals surface area (Å²) in [6.07, 6.45) is 2.67. The highest BCUT2D eigenvalue weighted by atomic mass is 16.5. The lowest BCUT2D eigenvalue weighted by atomic mass is 10.0. The Morgan fingerprint density at radius 1 is 1.00 bits per heavy atom. The third-order valence-corrected chi connectivity index (χ3v) is 5.51. The lowest BCUT2D eigenvalue weighted by molar-refractivity contribution is -0.132. The van der Waals surface area contributed by atoms with Gasteiger partial charge in [-0.3, -0.25) is 9.59 Å². The van der Waals surface area contributed by atoms with E-state index in [1.807, 2.05) is 67.3 Å². The van der Waals surface area contributed by atoms with Gasteiger partial charge in [-0.1, -0.05) is 30.3 Å². The molecule has 2 aromatic carbocycles. The van der Waals surface area contributed by atoms with Crippen LogP contribution >= 0.6 is 0 Å². The first-order valence-electron chi connectivity index (χ1n) is 11.1. The Morgan fingerprint density at radius 2 is 1.65 bits per heavy atom. The molecule has 1 heterocycles. The normalized spacial score (nSPS) is 14.2. The van der Waals surface area contributed by atoms with E-state index in [2.05, 4.69) is 5.32 Å². The summed E-state index contributed by atoms with van der Waals surface area (Å²) < 4.78 is 11.3. The topological polar surface area (TPSA) is 67.9 Å². The van der Waals surface area contributed by atoms with Crippen molar-refractivity contribution >= 4 is 11.8 Å². The van der Waals surface area contributed by atoms with Crippen LogP contribution in [0.4, 0.5) is 0 Å². The number of nitrogens with one attached hydrogen (secondary N) is 1. The highest BCUT2D eigenvalue weighted by molar-refractivity contribution is 5.95. The summed E-state index contributed by atoms with van der Waals surface area (Å²) in [6.45, 7) is 6.28. The molecule has 31 heavy (non-hydrogen) atoms. The molecule has 0 saturated carbocycles. The number of para-hydroxylation sites is 2. The third-order valence-electron chi connectivity index (χ3n) is 5.51. The van der Waals surface area contributed by atoms with E-state index >= 15 is 0 Å². The Morgan fingerprint density at radius 3 is 2.32 bits per heavy atom. The molecule has 1 aliphatic rings. The fourth-order valence-corrected chi connectivity index (χ4v) is 3.77. The molecule has 0 spiro atoms. The number of nitrogens with zero attached hydrogens (tertiary/aromatic N) is 1. The van der Waals surface area contributed by atoms with Crippen LogP contribution in [0, 0.1) is 6.92 Å². The number of rotatable bonds is 9. The van der Waals surface area contributed by atoms with E-state index < -0.39 is 0 Å².